The maximum absolute atomic E-state index is 10.2. The monoisotopic (exact) mass is 268 g/mol. The molecule has 3 nitrogen and oxygen atoms in total. The summed E-state index contributed by atoms with van der Waals surface area (Å²) in [5.41, 5.74) is 1.08. The minimum Gasteiger partial charge on any atom is -0.508 e. The van der Waals surface area contributed by atoms with Gasteiger partial charge < -0.3 is 10.4 Å². The van der Waals surface area contributed by atoms with Crippen LogP contribution in [0.3, 0.4) is 0 Å². The summed E-state index contributed by atoms with van der Waals surface area (Å²) >= 11 is 0. The second-order valence-corrected chi connectivity index (χ2v) is 6.16. The molecule has 2 aliphatic heterocycles. The van der Waals surface area contributed by atoms with E-state index < -0.39 is 0 Å². The molecule has 2 aromatic carbocycles. The molecular formula is C17H20N2O. The van der Waals surface area contributed by atoms with Gasteiger partial charge in [-0.1, -0.05) is 30.3 Å². The molecule has 2 heterocycles. The molecule has 3 heteroatoms. The van der Waals surface area contributed by atoms with Crippen LogP contribution in [0.4, 0.5) is 0 Å². The lowest BCUT2D eigenvalue weighted by atomic mass is 10.0. The zero-order chi connectivity index (χ0) is 13.5. The molecule has 2 atom stereocenters. The number of benzene rings is 2. The molecule has 2 N–H and O–H groups in total. The zero-order valence-electron chi connectivity index (χ0n) is 11.5. The summed E-state index contributed by atoms with van der Waals surface area (Å²) in [6.45, 7) is 5.48. The lowest BCUT2D eigenvalue weighted by molar-refractivity contribution is 0.301. The number of likely N-dealkylation sites (tertiary alicyclic amines) is 1. The Bertz CT molecular complexity index is 628. The predicted molar refractivity (Wildman–Crippen MR) is 80.7 cm³/mol. The Morgan fingerprint density at radius 2 is 1.80 bits per heavy atom. The van der Waals surface area contributed by atoms with Gasteiger partial charge in [0.05, 0.1) is 0 Å². The average Bonchev–Trinajstić information content (AvgIpc) is 3.03. The van der Waals surface area contributed by atoms with Gasteiger partial charge >= 0.3 is 0 Å². The van der Waals surface area contributed by atoms with Crippen LogP contribution in [0.25, 0.3) is 10.8 Å². The summed E-state index contributed by atoms with van der Waals surface area (Å²) < 4.78 is 0. The van der Waals surface area contributed by atoms with Gasteiger partial charge in [-0.15, -0.1) is 0 Å². The lowest BCUT2D eigenvalue weighted by Gasteiger charge is -2.19. The van der Waals surface area contributed by atoms with Crippen LogP contribution in [0.1, 0.15) is 5.56 Å². The van der Waals surface area contributed by atoms with E-state index in [-0.39, 0.29) is 0 Å². The molecule has 2 aromatic rings. The third-order valence-corrected chi connectivity index (χ3v) is 4.86. The van der Waals surface area contributed by atoms with E-state index in [1.165, 1.54) is 10.8 Å². The van der Waals surface area contributed by atoms with E-state index in [1.807, 2.05) is 18.2 Å². The van der Waals surface area contributed by atoms with Crippen molar-refractivity contribution in [1.29, 1.82) is 0 Å². The van der Waals surface area contributed by atoms with Crippen LogP contribution in [0.2, 0.25) is 0 Å². The fourth-order valence-electron chi connectivity index (χ4n) is 3.80. The maximum Gasteiger partial charge on any atom is 0.120 e. The molecule has 4 rings (SSSR count). The van der Waals surface area contributed by atoms with Crippen LogP contribution in [-0.2, 0) is 6.54 Å². The van der Waals surface area contributed by atoms with Crippen molar-refractivity contribution in [1.82, 2.24) is 10.2 Å². The number of nitrogens with one attached hydrogen (secondary N) is 1. The van der Waals surface area contributed by atoms with Crippen LogP contribution >= 0.6 is 0 Å². The first-order valence-electron chi connectivity index (χ1n) is 7.44. The van der Waals surface area contributed by atoms with Gasteiger partial charge in [-0.3, -0.25) is 4.90 Å². The van der Waals surface area contributed by atoms with Gasteiger partial charge in [0.1, 0.15) is 5.75 Å². The van der Waals surface area contributed by atoms with E-state index in [0.29, 0.717) is 5.75 Å². The third-order valence-electron chi connectivity index (χ3n) is 4.86. The van der Waals surface area contributed by atoms with Crippen molar-refractivity contribution in [2.24, 2.45) is 11.8 Å². The van der Waals surface area contributed by atoms with Crippen molar-refractivity contribution in [2.45, 2.75) is 6.54 Å². The minimum atomic E-state index is 0.430. The molecule has 0 radical (unpaired) electrons. The first-order valence-corrected chi connectivity index (χ1v) is 7.44. The minimum absolute atomic E-state index is 0.430. The number of phenolic OH excluding ortho intramolecular Hbond substituents is 1. The van der Waals surface area contributed by atoms with E-state index in [2.05, 4.69) is 28.4 Å². The van der Waals surface area contributed by atoms with Gasteiger partial charge in [-0.25, -0.2) is 0 Å². The maximum atomic E-state index is 10.2. The van der Waals surface area contributed by atoms with E-state index in [4.69, 9.17) is 0 Å². The zero-order valence-corrected chi connectivity index (χ0v) is 11.5. The van der Waals surface area contributed by atoms with Crippen molar-refractivity contribution in [3.63, 3.8) is 0 Å². The van der Waals surface area contributed by atoms with Crippen molar-refractivity contribution in [3.8, 4) is 5.75 Å². The van der Waals surface area contributed by atoms with Gasteiger partial charge in [-0.2, -0.15) is 0 Å². The molecule has 0 saturated carbocycles. The predicted octanol–water partition coefficient (Wildman–Crippen LogP) is 2.20. The van der Waals surface area contributed by atoms with Gasteiger partial charge in [0.2, 0.25) is 0 Å². The number of aromatic hydroxyl groups is 1. The molecule has 2 unspecified atom stereocenters. The Hall–Kier alpha value is -1.58. The highest BCUT2D eigenvalue weighted by molar-refractivity contribution is 5.87. The third kappa shape index (κ3) is 1.98. The molecule has 2 fully saturated rings. The fraction of sp³-hybridized carbons (Fsp3) is 0.412. The molecule has 0 aliphatic carbocycles. The van der Waals surface area contributed by atoms with Gasteiger partial charge in [0.15, 0.2) is 0 Å². The smallest absolute Gasteiger partial charge is 0.120 e. The van der Waals surface area contributed by atoms with E-state index >= 15 is 0 Å². The summed E-state index contributed by atoms with van der Waals surface area (Å²) in [7, 11) is 0. The summed E-state index contributed by atoms with van der Waals surface area (Å²) in [5.74, 6) is 2.03. The van der Waals surface area contributed by atoms with Crippen molar-refractivity contribution >= 4 is 10.8 Å². The summed E-state index contributed by atoms with van der Waals surface area (Å²) in [6.07, 6.45) is 0. The van der Waals surface area contributed by atoms with Crippen LogP contribution in [0.5, 0.6) is 5.75 Å². The van der Waals surface area contributed by atoms with Crippen LogP contribution < -0.4 is 5.32 Å². The molecule has 20 heavy (non-hydrogen) atoms. The van der Waals surface area contributed by atoms with Crippen molar-refractivity contribution < 1.29 is 5.11 Å². The van der Waals surface area contributed by atoms with Crippen LogP contribution in [0, 0.1) is 11.8 Å². The fourth-order valence-corrected chi connectivity index (χ4v) is 3.80. The standard InChI is InChI=1S/C17H20N2O/c20-17-6-5-12-3-1-2-4-15(12)16(17)11-19-9-13-7-18-8-14(13)10-19/h1-6,13-14,18,20H,7-11H2. The van der Waals surface area contributed by atoms with Gasteiger partial charge in [-0.05, 0) is 41.8 Å². The molecule has 0 aromatic heterocycles. The second-order valence-electron chi connectivity index (χ2n) is 6.16. The number of nitrogens with zero attached hydrogens (tertiary/aromatic N) is 1. The number of hydrogen-bond acceptors (Lipinski definition) is 3. The second kappa shape index (κ2) is 4.76. The Balaban J connectivity index is 1.64. The number of rotatable bonds is 2. The molecular weight excluding hydrogens is 248 g/mol. The van der Waals surface area contributed by atoms with Crippen LogP contribution in [-0.4, -0.2) is 36.2 Å². The molecule has 0 spiro atoms. The lowest BCUT2D eigenvalue weighted by Crippen LogP contribution is -2.25. The first kappa shape index (κ1) is 12.2. The molecule has 0 amide bonds. The van der Waals surface area contributed by atoms with E-state index in [1.54, 1.807) is 0 Å². The highest BCUT2D eigenvalue weighted by Gasteiger charge is 2.36. The number of phenols is 1. The molecule has 2 saturated heterocycles. The highest BCUT2D eigenvalue weighted by Crippen LogP contribution is 2.32. The van der Waals surface area contributed by atoms with Gasteiger partial charge in [0, 0.05) is 25.2 Å². The average molecular weight is 268 g/mol. The normalized spacial score (nSPS) is 26.2. The summed E-state index contributed by atoms with van der Waals surface area (Å²) in [4.78, 5) is 2.50. The van der Waals surface area contributed by atoms with Crippen molar-refractivity contribution in [3.05, 3.63) is 42.0 Å². The highest BCUT2D eigenvalue weighted by atomic mass is 16.3. The van der Waals surface area contributed by atoms with Crippen molar-refractivity contribution in [2.75, 3.05) is 26.2 Å². The summed E-state index contributed by atoms with van der Waals surface area (Å²) in [5, 5.41) is 16.1. The topological polar surface area (TPSA) is 35.5 Å². The Labute approximate surface area is 119 Å². The Kier molecular flexibility index (Phi) is 2.90. The molecule has 0 bridgehead atoms. The molecule has 2 aliphatic rings. The van der Waals surface area contributed by atoms with Gasteiger partial charge in [0.25, 0.3) is 0 Å². The Morgan fingerprint density at radius 1 is 1.05 bits per heavy atom. The Morgan fingerprint density at radius 3 is 2.60 bits per heavy atom. The van der Waals surface area contributed by atoms with E-state index in [9.17, 15) is 5.11 Å². The number of fused-ring (bicyclic) bond motifs is 2. The molecule has 104 valence electrons. The van der Waals surface area contributed by atoms with E-state index in [0.717, 1.165) is 50.1 Å². The quantitative estimate of drug-likeness (QED) is 0.876. The summed E-state index contributed by atoms with van der Waals surface area (Å²) in [6, 6.07) is 12.2. The largest absolute Gasteiger partial charge is 0.508 e. The van der Waals surface area contributed by atoms with Crippen LogP contribution in [0.15, 0.2) is 36.4 Å². The number of hydrogen-bond donors (Lipinski definition) is 2. The SMILES string of the molecule is Oc1ccc2ccccc2c1CN1CC2CNCC2C1. The first-order chi connectivity index (χ1) is 9.81.